The topological polar surface area (TPSA) is 83.7 Å². The molecule has 1 aromatic heterocycles. The van der Waals surface area contributed by atoms with Gasteiger partial charge in [-0.25, -0.2) is 14.2 Å². The molecule has 1 aromatic carbocycles. The number of nitrogen functional groups attached to an aromatic ring is 1. The zero-order valence-electron chi connectivity index (χ0n) is 12.7. The van der Waals surface area contributed by atoms with Crippen LogP contribution in [-0.4, -0.2) is 24.9 Å². The van der Waals surface area contributed by atoms with Gasteiger partial charge < -0.3 is 19.9 Å². The number of nitrogens with zero attached hydrogens (tertiary/aromatic N) is 1. The average molecular weight is 375 g/mol. The zero-order valence-corrected chi connectivity index (χ0v) is 14.2. The van der Waals surface area contributed by atoms with Crippen LogP contribution in [0.3, 0.4) is 0 Å². The van der Waals surface area contributed by atoms with Crippen molar-refractivity contribution in [2.45, 2.75) is 6.92 Å². The van der Waals surface area contributed by atoms with Crippen molar-refractivity contribution in [1.29, 1.82) is 0 Å². The first kappa shape index (κ1) is 18.1. The quantitative estimate of drug-likeness (QED) is 0.802. The van der Waals surface area contributed by atoms with Gasteiger partial charge in [-0.1, -0.05) is 23.2 Å². The van der Waals surface area contributed by atoms with Crippen LogP contribution < -0.4 is 15.2 Å². The van der Waals surface area contributed by atoms with Gasteiger partial charge in [-0.05, 0) is 25.1 Å². The lowest BCUT2D eigenvalue weighted by Gasteiger charge is -2.12. The Morgan fingerprint density at radius 2 is 2.04 bits per heavy atom. The van der Waals surface area contributed by atoms with Crippen molar-refractivity contribution in [1.82, 2.24) is 4.98 Å². The number of halogens is 3. The second kappa shape index (κ2) is 7.55. The maximum absolute atomic E-state index is 14.3. The van der Waals surface area contributed by atoms with E-state index >= 15 is 0 Å². The van der Waals surface area contributed by atoms with Gasteiger partial charge in [-0.15, -0.1) is 0 Å². The van der Waals surface area contributed by atoms with Crippen LogP contribution in [0, 0.1) is 5.82 Å². The highest BCUT2D eigenvalue weighted by Crippen LogP contribution is 2.37. The van der Waals surface area contributed by atoms with Crippen LogP contribution in [0.4, 0.5) is 14.9 Å². The van der Waals surface area contributed by atoms with Crippen LogP contribution in [0.25, 0.3) is 11.3 Å². The van der Waals surface area contributed by atoms with Crippen molar-refractivity contribution < 1.29 is 23.4 Å². The highest BCUT2D eigenvalue weighted by Gasteiger charge is 2.18. The van der Waals surface area contributed by atoms with E-state index in [1.165, 1.54) is 12.1 Å². The van der Waals surface area contributed by atoms with E-state index < -0.39 is 12.0 Å². The van der Waals surface area contributed by atoms with Crippen molar-refractivity contribution in [3.8, 4) is 22.9 Å². The van der Waals surface area contributed by atoms with Crippen LogP contribution in [0.5, 0.6) is 11.6 Å². The molecule has 2 rings (SSSR count). The molecule has 1 heterocycles. The van der Waals surface area contributed by atoms with E-state index in [0.29, 0.717) is 6.61 Å². The molecule has 0 bridgehead atoms. The standard InChI is InChI=1S/C15H13Cl2FN2O4/c1-3-23-12-4-7(9(18)5-8(12)16)11-6-10(19)13(17)14(20-11)24-15(21)22-2/h4-6H,3H2,1-2H3,(H2,19,20). The van der Waals surface area contributed by atoms with E-state index in [4.69, 9.17) is 38.4 Å². The molecule has 0 radical (unpaired) electrons. The van der Waals surface area contributed by atoms with E-state index in [1.807, 2.05) is 0 Å². The highest BCUT2D eigenvalue weighted by molar-refractivity contribution is 6.34. The molecule has 0 fully saturated rings. The number of pyridine rings is 1. The van der Waals surface area contributed by atoms with Gasteiger partial charge in [-0.2, -0.15) is 0 Å². The number of carbonyl (C=O) groups excluding carboxylic acids is 1. The second-order valence-corrected chi connectivity index (χ2v) is 5.25. The Labute approximate surface area is 147 Å². The summed E-state index contributed by atoms with van der Waals surface area (Å²) in [5, 5.41) is 0.0228. The number of methoxy groups -OCH3 is 1. The van der Waals surface area contributed by atoms with Gasteiger partial charge in [0, 0.05) is 5.56 Å². The number of nitrogens with two attached hydrogens (primary N) is 1. The molecule has 0 saturated carbocycles. The molecule has 0 aliphatic rings. The first-order valence-electron chi connectivity index (χ1n) is 6.71. The summed E-state index contributed by atoms with van der Waals surface area (Å²) in [4.78, 5) is 15.3. The van der Waals surface area contributed by atoms with E-state index in [0.717, 1.165) is 13.2 Å². The normalized spacial score (nSPS) is 10.4. The Morgan fingerprint density at radius 1 is 1.33 bits per heavy atom. The Hall–Kier alpha value is -2.25. The molecule has 0 aliphatic heterocycles. The fraction of sp³-hybridized carbons (Fsp3) is 0.200. The second-order valence-electron chi connectivity index (χ2n) is 4.47. The van der Waals surface area contributed by atoms with Crippen molar-refractivity contribution in [3.63, 3.8) is 0 Å². The van der Waals surface area contributed by atoms with E-state index in [2.05, 4.69) is 9.72 Å². The number of ether oxygens (including phenoxy) is 3. The molecule has 2 N–H and O–H groups in total. The summed E-state index contributed by atoms with van der Waals surface area (Å²) >= 11 is 11.9. The summed E-state index contributed by atoms with van der Waals surface area (Å²) in [6.45, 7) is 2.11. The van der Waals surface area contributed by atoms with Gasteiger partial charge in [-0.3, -0.25) is 0 Å². The molecule has 0 atom stereocenters. The summed E-state index contributed by atoms with van der Waals surface area (Å²) in [7, 11) is 1.12. The van der Waals surface area contributed by atoms with Crippen LogP contribution >= 0.6 is 23.2 Å². The minimum absolute atomic E-state index is 0.0490. The number of carbonyl (C=O) groups is 1. The summed E-state index contributed by atoms with van der Waals surface area (Å²) in [5.74, 6) is -0.672. The molecule has 0 unspecified atom stereocenters. The third-order valence-corrected chi connectivity index (χ3v) is 3.57. The third-order valence-electron chi connectivity index (χ3n) is 2.90. The van der Waals surface area contributed by atoms with Crippen LogP contribution in [0.15, 0.2) is 18.2 Å². The fourth-order valence-electron chi connectivity index (χ4n) is 1.84. The summed E-state index contributed by atoms with van der Waals surface area (Å²) in [5.41, 5.74) is 5.96. The molecule has 2 aromatic rings. The van der Waals surface area contributed by atoms with E-state index in [9.17, 15) is 9.18 Å². The van der Waals surface area contributed by atoms with Crippen LogP contribution in [-0.2, 0) is 4.74 Å². The minimum atomic E-state index is -1.03. The number of anilines is 1. The molecule has 24 heavy (non-hydrogen) atoms. The number of hydrogen-bond donors (Lipinski definition) is 1. The molecule has 0 spiro atoms. The smallest absolute Gasteiger partial charge is 0.492 e. The SMILES string of the molecule is CCOc1cc(-c2cc(N)c(Cl)c(OC(=O)OC)n2)c(F)cc1Cl. The highest BCUT2D eigenvalue weighted by atomic mass is 35.5. The molecule has 9 heteroatoms. The molecule has 6 nitrogen and oxygen atoms in total. The van der Waals surface area contributed by atoms with Crippen molar-refractivity contribution in [2.75, 3.05) is 19.5 Å². The largest absolute Gasteiger partial charge is 0.514 e. The lowest BCUT2D eigenvalue weighted by atomic mass is 10.1. The van der Waals surface area contributed by atoms with Crippen molar-refractivity contribution in [3.05, 3.63) is 34.1 Å². The van der Waals surface area contributed by atoms with Crippen molar-refractivity contribution in [2.24, 2.45) is 0 Å². The maximum atomic E-state index is 14.3. The molecular weight excluding hydrogens is 362 g/mol. The number of rotatable bonds is 4. The van der Waals surface area contributed by atoms with Gasteiger partial charge in [0.05, 0.1) is 30.1 Å². The van der Waals surface area contributed by atoms with Gasteiger partial charge >= 0.3 is 6.16 Å². The number of aromatic nitrogens is 1. The van der Waals surface area contributed by atoms with E-state index in [1.54, 1.807) is 6.92 Å². The molecular formula is C15H13Cl2FN2O4. The van der Waals surface area contributed by atoms with Gasteiger partial charge in [0.2, 0.25) is 5.88 Å². The van der Waals surface area contributed by atoms with E-state index in [-0.39, 0.29) is 38.6 Å². The fourth-order valence-corrected chi connectivity index (χ4v) is 2.18. The maximum Gasteiger partial charge on any atom is 0.514 e. The minimum Gasteiger partial charge on any atom is -0.492 e. The Kier molecular flexibility index (Phi) is 5.69. The first-order chi connectivity index (χ1) is 11.4. The molecule has 0 amide bonds. The lowest BCUT2D eigenvalue weighted by Crippen LogP contribution is -2.10. The molecule has 0 aliphatic carbocycles. The molecule has 0 saturated heterocycles. The first-order valence-corrected chi connectivity index (χ1v) is 7.47. The van der Waals surface area contributed by atoms with Gasteiger partial charge in [0.15, 0.2) is 0 Å². The Bertz CT molecular complexity index is 787. The predicted molar refractivity (Wildman–Crippen MR) is 88.3 cm³/mol. The van der Waals surface area contributed by atoms with Crippen LogP contribution in [0.2, 0.25) is 10.0 Å². The predicted octanol–water partition coefficient (Wildman–Crippen LogP) is 4.32. The molecule has 128 valence electrons. The summed E-state index contributed by atoms with van der Waals surface area (Å²) in [6.07, 6.45) is -1.03. The van der Waals surface area contributed by atoms with Crippen LogP contribution in [0.1, 0.15) is 6.92 Å². The summed E-state index contributed by atoms with van der Waals surface area (Å²) in [6, 6.07) is 3.81. The Balaban J connectivity index is 2.56. The summed E-state index contributed by atoms with van der Waals surface area (Å²) < 4.78 is 28.8. The van der Waals surface area contributed by atoms with Gasteiger partial charge in [0.1, 0.15) is 16.6 Å². The lowest BCUT2D eigenvalue weighted by molar-refractivity contribution is 0.120. The monoisotopic (exact) mass is 374 g/mol. The zero-order chi connectivity index (χ0) is 17.9. The van der Waals surface area contributed by atoms with Crippen molar-refractivity contribution >= 4 is 35.0 Å². The van der Waals surface area contributed by atoms with Gasteiger partial charge in [0.25, 0.3) is 0 Å². The number of hydrogen-bond acceptors (Lipinski definition) is 6. The Morgan fingerprint density at radius 3 is 2.67 bits per heavy atom. The average Bonchev–Trinajstić information content (AvgIpc) is 2.54. The number of benzene rings is 1. The third kappa shape index (κ3) is 3.80.